The third-order valence-corrected chi connectivity index (χ3v) is 4.75. The maximum Gasteiger partial charge on any atom is 0.264 e. The number of nitrogens with one attached hydrogen (secondary N) is 1. The fraction of sp³-hybridized carbons (Fsp3) is 0.545. The standard InChI is InChI=1S/C11H15BrN2OS/c1-7-8(2)14(4-3-13-7)11(15)10-5-9(12)6-16-10/h5-8,13H,3-4H2,1-2H3. The molecule has 2 unspecified atom stereocenters. The van der Waals surface area contributed by atoms with Crippen molar-refractivity contribution >= 4 is 33.2 Å². The number of carbonyl (C=O) groups is 1. The Balaban J connectivity index is 2.15. The van der Waals surface area contributed by atoms with E-state index in [1.807, 2.05) is 16.3 Å². The van der Waals surface area contributed by atoms with Crippen molar-refractivity contribution in [2.24, 2.45) is 0 Å². The number of rotatable bonds is 1. The van der Waals surface area contributed by atoms with Crippen LogP contribution in [0, 0.1) is 0 Å². The zero-order chi connectivity index (χ0) is 11.7. The van der Waals surface area contributed by atoms with Crippen molar-refractivity contribution in [2.45, 2.75) is 25.9 Å². The van der Waals surface area contributed by atoms with Gasteiger partial charge < -0.3 is 10.2 Å². The first-order valence-electron chi connectivity index (χ1n) is 5.38. The molecule has 1 aromatic rings. The minimum atomic E-state index is 0.150. The number of carbonyl (C=O) groups excluding carboxylic acids is 1. The zero-order valence-electron chi connectivity index (χ0n) is 9.37. The van der Waals surface area contributed by atoms with Gasteiger partial charge in [0.25, 0.3) is 5.91 Å². The smallest absolute Gasteiger partial charge is 0.264 e. The first-order chi connectivity index (χ1) is 7.59. The van der Waals surface area contributed by atoms with Gasteiger partial charge >= 0.3 is 0 Å². The Bertz CT molecular complexity index is 393. The van der Waals surface area contributed by atoms with Gasteiger partial charge in [0, 0.05) is 35.0 Å². The van der Waals surface area contributed by atoms with Crippen LogP contribution in [0.5, 0.6) is 0 Å². The Labute approximate surface area is 108 Å². The number of piperazine rings is 1. The highest BCUT2D eigenvalue weighted by atomic mass is 79.9. The Morgan fingerprint density at radius 3 is 3.00 bits per heavy atom. The molecule has 2 atom stereocenters. The molecule has 1 aromatic heterocycles. The summed E-state index contributed by atoms with van der Waals surface area (Å²) in [6, 6.07) is 2.51. The van der Waals surface area contributed by atoms with Crippen LogP contribution in [-0.4, -0.2) is 36.0 Å². The molecule has 2 heterocycles. The van der Waals surface area contributed by atoms with E-state index in [-0.39, 0.29) is 11.9 Å². The van der Waals surface area contributed by atoms with E-state index in [1.54, 1.807) is 0 Å². The Morgan fingerprint density at radius 1 is 1.62 bits per heavy atom. The molecule has 5 heteroatoms. The van der Waals surface area contributed by atoms with Crippen LogP contribution in [0.2, 0.25) is 0 Å². The average molecular weight is 303 g/mol. The second-order valence-corrected chi connectivity index (χ2v) is 5.94. The number of hydrogen-bond donors (Lipinski definition) is 1. The average Bonchev–Trinajstić information content (AvgIpc) is 2.68. The van der Waals surface area contributed by atoms with Crippen molar-refractivity contribution in [3.05, 3.63) is 20.8 Å². The SMILES string of the molecule is CC1NCCN(C(=O)c2cc(Br)cs2)C1C. The van der Waals surface area contributed by atoms with Crippen molar-refractivity contribution < 1.29 is 4.79 Å². The fourth-order valence-corrected chi connectivity index (χ4v) is 3.29. The summed E-state index contributed by atoms with van der Waals surface area (Å²) >= 11 is 4.87. The van der Waals surface area contributed by atoms with Crippen LogP contribution in [0.4, 0.5) is 0 Å². The van der Waals surface area contributed by atoms with E-state index in [0.29, 0.717) is 6.04 Å². The van der Waals surface area contributed by atoms with Gasteiger partial charge in [0.15, 0.2) is 0 Å². The number of hydrogen-bond acceptors (Lipinski definition) is 3. The lowest BCUT2D eigenvalue weighted by Gasteiger charge is -2.38. The molecule has 0 aliphatic carbocycles. The van der Waals surface area contributed by atoms with E-state index in [4.69, 9.17) is 0 Å². The van der Waals surface area contributed by atoms with E-state index in [9.17, 15) is 4.79 Å². The van der Waals surface area contributed by atoms with Gasteiger partial charge in [-0.3, -0.25) is 4.79 Å². The summed E-state index contributed by atoms with van der Waals surface area (Å²) in [5, 5.41) is 5.32. The molecule has 1 aliphatic heterocycles. The number of nitrogens with zero attached hydrogens (tertiary/aromatic N) is 1. The minimum Gasteiger partial charge on any atom is -0.332 e. The van der Waals surface area contributed by atoms with Gasteiger partial charge in [-0.25, -0.2) is 0 Å². The molecule has 1 fully saturated rings. The molecule has 1 aliphatic rings. The van der Waals surface area contributed by atoms with Gasteiger partial charge in [-0.2, -0.15) is 0 Å². The normalized spacial score (nSPS) is 25.8. The van der Waals surface area contributed by atoms with Crippen LogP contribution >= 0.6 is 27.3 Å². The van der Waals surface area contributed by atoms with Gasteiger partial charge in [-0.1, -0.05) is 0 Å². The predicted octanol–water partition coefficient (Wildman–Crippen LogP) is 2.33. The van der Waals surface area contributed by atoms with Crippen molar-refractivity contribution in [2.75, 3.05) is 13.1 Å². The second kappa shape index (κ2) is 4.85. The monoisotopic (exact) mass is 302 g/mol. The maximum absolute atomic E-state index is 12.3. The summed E-state index contributed by atoms with van der Waals surface area (Å²) in [6.07, 6.45) is 0. The van der Waals surface area contributed by atoms with Gasteiger partial charge in [0.05, 0.1) is 4.88 Å². The molecule has 0 spiro atoms. The van der Waals surface area contributed by atoms with Crippen molar-refractivity contribution in [1.82, 2.24) is 10.2 Å². The molecule has 2 rings (SSSR count). The molecule has 1 amide bonds. The third-order valence-electron chi connectivity index (χ3n) is 3.07. The highest BCUT2D eigenvalue weighted by Crippen LogP contribution is 2.23. The number of halogens is 1. The quantitative estimate of drug-likeness (QED) is 0.863. The predicted molar refractivity (Wildman–Crippen MR) is 70.0 cm³/mol. The minimum absolute atomic E-state index is 0.150. The lowest BCUT2D eigenvalue weighted by atomic mass is 10.1. The molecule has 88 valence electrons. The molecule has 0 radical (unpaired) electrons. The van der Waals surface area contributed by atoms with Gasteiger partial charge in [-0.15, -0.1) is 11.3 Å². The van der Waals surface area contributed by atoms with Crippen molar-refractivity contribution in [1.29, 1.82) is 0 Å². The molecule has 3 nitrogen and oxygen atoms in total. The van der Waals surface area contributed by atoms with Crippen LogP contribution in [0.1, 0.15) is 23.5 Å². The second-order valence-electron chi connectivity index (χ2n) is 4.11. The summed E-state index contributed by atoms with van der Waals surface area (Å²) in [5.74, 6) is 0.150. The Morgan fingerprint density at radius 2 is 2.38 bits per heavy atom. The number of amides is 1. The van der Waals surface area contributed by atoms with Crippen LogP contribution in [0.15, 0.2) is 15.9 Å². The van der Waals surface area contributed by atoms with Crippen molar-refractivity contribution in [3.63, 3.8) is 0 Å². The lowest BCUT2D eigenvalue weighted by Crippen LogP contribution is -2.57. The molecule has 0 saturated carbocycles. The van der Waals surface area contributed by atoms with Crippen molar-refractivity contribution in [3.8, 4) is 0 Å². The molecular formula is C11H15BrN2OS. The van der Waals surface area contributed by atoms with E-state index in [1.165, 1.54) is 11.3 Å². The summed E-state index contributed by atoms with van der Waals surface area (Å²) in [6.45, 7) is 5.88. The van der Waals surface area contributed by atoms with Crippen LogP contribution in [-0.2, 0) is 0 Å². The van der Waals surface area contributed by atoms with E-state index in [0.717, 1.165) is 22.4 Å². The van der Waals surface area contributed by atoms with E-state index < -0.39 is 0 Å². The van der Waals surface area contributed by atoms with Gasteiger partial charge in [0.2, 0.25) is 0 Å². The number of thiophene rings is 1. The molecule has 0 bridgehead atoms. The summed E-state index contributed by atoms with van der Waals surface area (Å²) in [4.78, 5) is 15.0. The Hall–Kier alpha value is -0.390. The molecular weight excluding hydrogens is 288 g/mol. The van der Waals surface area contributed by atoms with Crippen LogP contribution in [0.25, 0.3) is 0 Å². The lowest BCUT2D eigenvalue weighted by molar-refractivity contribution is 0.0608. The highest BCUT2D eigenvalue weighted by Gasteiger charge is 2.29. The fourth-order valence-electron chi connectivity index (χ4n) is 1.91. The van der Waals surface area contributed by atoms with E-state index >= 15 is 0 Å². The first kappa shape index (κ1) is 12.1. The van der Waals surface area contributed by atoms with Gasteiger partial charge in [0.1, 0.15) is 0 Å². The summed E-state index contributed by atoms with van der Waals surface area (Å²) < 4.78 is 0.983. The first-order valence-corrected chi connectivity index (χ1v) is 7.05. The summed E-state index contributed by atoms with van der Waals surface area (Å²) in [5.41, 5.74) is 0. The van der Waals surface area contributed by atoms with E-state index in [2.05, 4.69) is 35.1 Å². The largest absolute Gasteiger partial charge is 0.332 e. The molecule has 1 N–H and O–H groups in total. The topological polar surface area (TPSA) is 32.3 Å². The molecule has 16 heavy (non-hydrogen) atoms. The van der Waals surface area contributed by atoms with Crippen LogP contribution < -0.4 is 5.32 Å². The Kier molecular flexibility index (Phi) is 3.66. The third kappa shape index (κ3) is 2.31. The highest BCUT2D eigenvalue weighted by molar-refractivity contribution is 9.10. The van der Waals surface area contributed by atoms with Gasteiger partial charge in [-0.05, 0) is 35.8 Å². The molecule has 1 saturated heterocycles. The maximum atomic E-state index is 12.3. The molecule has 0 aromatic carbocycles. The summed E-state index contributed by atoms with van der Waals surface area (Å²) in [7, 11) is 0. The zero-order valence-corrected chi connectivity index (χ0v) is 11.8. The van der Waals surface area contributed by atoms with Crippen LogP contribution in [0.3, 0.4) is 0 Å².